The lowest BCUT2D eigenvalue weighted by atomic mass is 10.1. The number of fused-ring (bicyclic) bond motifs is 1. The van der Waals surface area contributed by atoms with Crippen LogP contribution in [0.4, 0.5) is 15.1 Å². The van der Waals surface area contributed by atoms with Gasteiger partial charge in [-0.3, -0.25) is 5.32 Å². The van der Waals surface area contributed by atoms with Gasteiger partial charge in [-0.2, -0.15) is 0 Å². The fraction of sp³-hybridized carbons (Fsp3) is 0.353. The van der Waals surface area contributed by atoms with Gasteiger partial charge in [0, 0.05) is 24.0 Å². The van der Waals surface area contributed by atoms with Crippen molar-refractivity contribution >= 4 is 49.2 Å². The van der Waals surface area contributed by atoms with E-state index in [2.05, 4.69) is 19.9 Å². The molecule has 0 atom stereocenters. The van der Waals surface area contributed by atoms with E-state index in [4.69, 9.17) is 14.5 Å². The highest BCUT2D eigenvalue weighted by Crippen LogP contribution is 2.40. The maximum absolute atomic E-state index is 11.5. The minimum absolute atomic E-state index is 0.450. The molecular weight excluding hydrogens is 388 g/mol. The minimum atomic E-state index is -0.558. The van der Waals surface area contributed by atoms with Crippen LogP contribution in [-0.4, -0.2) is 56.6 Å². The number of nitrogens with zero attached hydrogens (tertiary/aromatic N) is 3. The zero-order valence-electron chi connectivity index (χ0n) is 14.9. The standard InChI is InChI=1S/C17H18N4O4S2/c1-23-12-4-3-10(14-13(12)19-15(27-14)20-17(22)24-2)11-9-26-16(18-11)21-5-7-25-8-6-21/h3-4,9H,5-8H2,1-2H3,(H,19,20,22). The second-order valence-electron chi connectivity index (χ2n) is 5.74. The van der Waals surface area contributed by atoms with Crippen LogP contribution in [0.1, 0.15) is 0 Å². The molecule has 1 saturated heterocycles. The normalized spacial score (nSPS) is 14.4. The van der Waals surface area contributed by atoms with Gasteiger partial charge in [-0.1, -0.05) is 11.3 Å². The Hall–Kier alpha value is -2.43. The molecule has 3 heterocycles. The van der Waals surface area contributed by atoms with Crippen LogP contribution < -0.4 is 15.0 Å². The van der Waals surface area contributed by atoms with Crippen LogP contribution in [0.15, 0.2) is 17.5 Å². The number of anilines is 2. The average molecular weight is 406 g/mol. The van der Waals surface area contributed by atoms with Crippen LogP contribution in [0.25, 0.3) is 21.5 Å². The Kier molecular flexibility index (Phi) is 5.10. The highest BCUT2D eigenvalue weighted by Gasteiger charge is 2.19. The summed E-state index contributed by atoms with van der Waals surface area (Å²) in [5.41, 5.74) is 2.52. The van der Waals surface area contributed by atoms with Gasteiger partial charge in [0.05, 0.1) is 37.8 Å². The molecule has 10 heteroatoms. The molecule has 27 heavy (non-hydrogen) atoms. The van der Waals surface area contributed by atoms with Crippen LogP contribution in [0.2, 0.25) is 0 Å². The van der Waals surface area contributed by atoms with Gasteiger partial charge in [-0.05, 0) is 12.1 Å². The third kappa shape index (κ3) is 3.55. The van der Waals surface area contributed by atoms with Gasteiger partial charge in [-0.25, -0.2) is 14.8 Å². The number of aromatic nitrogens is 2. The zero-order valence-corrected chi connectivity index (χ0v) is 16.5. The molecule has 0 spiro atoms. The van der Waals surface area contributed by atoms with E-state index >= 15 is 0 Å². The van der Waals surface area contributed by atoms with Crippen molar-refractivity contribution in [2.75, 3.05) is 50.7 Å². The first kappa shape index (κ1) is 18.0. The van der Waals surface area contributed by atoms with Gasteiger partial charge in [0.15, 0.2) is 10.3 Å². The number of hydrogen-bond acceptors (Lipinski definition) is 9. The minimum Gasteiger partial charge on any atom is -0.494 e. The second-order valence-corrected chi connectivity index (χ2v) is 7.58. The number of ether oxygens (including phenoxy) is 3. The molecule has 1 fully saturated rings. The average Bonchev–Trinajstić information content (AvgIpc) is 3.35. The molecule has 8 nitrogen and oxygen atoms in total. The number of carbonyl (C=O) groups excluding carboxylic acids is 1. The summed E-state index contributed by atoms with van der Waals surface area (Å²) in [6, 6.07) is 3.84. The Morgan fingerprint density at radius 3 is 2.81 bits per heavy atom. The molecule has 1 aliphatic heterocycles. The highest BCUT2D eigenvalue weighted by atomic mass is 32.1. The zero-order chi connectivity index (χ0) is 18.8. The number of morpholine rings is 1. The number of thiazole rings is 2. The first-order chi connectivity index (χ1) is 13.2. The van der Waals surface area contributed by atoms with E-state index in [1.165, 1.54) is 18.4 Å². The molecule has 0 bridgehead atoms. The molecular formula is C17H18N4O4S2. The summed E-state index contributed by atoms with van der Waals surface area (Å²) >= 11 is 2.98. The smallest absolute Gasteiger partial charge is 0.413 e. The fourth-order valence-electron chi connectivity index (χ4n) is 2.83. The third-order valence-electron chi connectivity index (χ3n) is 4.17. The van der Waals surface area contributed by atoms with Crippen molar-refractivity contribution in [2.45, 2.75) is 0 Å². The SMILES string of the molecule is COC(=O)Nc1nc2c(OC)ccc(-c3csc(N4CCOCC4)n3)c2s1. The lowest BCUT2D eigenvalue weighted by Gasteiger charge is -2.26. The van der Waals surface area contributed by atoms with Crippen molar-refractivity contribution in [3.8, 4) is 17.0 Å². The lowest BCUT2D eigenvalue weighted by molar-refractivity contribution is 0.122. The van der Waals surface area contributed by atoms with Gasteiger partial charge in [0.2, 0.25) is 0 Å². The Morgan fingerprint density at radius 2 is 2.07 bits per heavy atom. The predicted molar refractivity (Wildman–Crippen MR) is 106 cm³/mol. The lowest BCUT2D eigenvalue weighted by Crippen LogP contribution is -2.36. The molecule has 1 aromatic carbocycles. The Morgan fingerprint density at radius 1 is 1.26 bits per heavy atom. The molecule has 1 aliphatic rings. The van der Waals surface area contributed by atoms with Crippen molar-refractivity contribution in [2.24, 2.45) is 0 Å². The summed E-state index contributed by atoms with van der Waals surface area (Å²) < 4.78 is 16.4. The molecule has 0 aliphatic carbocycles. The maximum atomic E-state index is 11.5. The monoisotopic (exact) mass is 406 g/mol. The van der Waals surface area contributed by atoms with Crippen molar-refractivity contribution in [3.05, 3.63) is 17.5 Å². The van der Waals surface area contributed by atoms with Gasteiger partial charge < -0.3 is 19.1 Å². The molecule has 0 unspecified atom stereocenters. The first-order valence-electron chi connectivity index (χ1n) is 8.30. The van der Waals surface area contributed by atoms with Gasteiger partial charge in [0.25, 0.3) is 0 Å². The fourth-order valence-corrected chi connectivity index (χ4v) is 4.70. The van der Waals surface area contributed by atoms with Crippen LogP contribution >= 0.6 is 22.7 Å². The van der Waals surface area contributed by atoms with E-state index in [0.29, 0.717) is 16.4 Å². The van der Waals surface area contributed by atoms with Crippen LogP contribution in [0.5, 0.6) is 5.75 Å². The molecule has 2 aromatic heterocycles. The molecule has 0 saturated carbocycles. The Balaban J connectivity index is 1.73. The summed E-state index contributed by atoms with van der Waals surface area (Å²) in [4.78, 5) is 23.0. The summed E-state index contributed by atoms with van der Waals surface area (Å²) in [5, 5.41) is 6.09. The second kappa shape index (κ2) is 7.67. The highest BCUT2D eigenvalue weighted by molar-refractivity contribution is 7.23. The predicted octanol–water partition coefficient (Wildman–Crippen LogP) is 3.44. The maximum Gasteiger partial charge on any atom is 0.413 e. The van der Waals surface area contributed by atoms with E-state index in [1.54, 1.807) is 18.4 Å². The van der Waals surface area contributed by atoms with Gasteiger partial charge in [0.1, 0.15) is 11.3 Å². The Labute approximate surface area is 163 Å². The van der Waals surface area contributed by atoms with Gasteiger partial charge in [-0.15, -0.1) is 11.3 Å². The van der Waals surface area contributed by atoms with Crippen LogP contribution in [0, 0.1) is 0 Å². The van der Waals surface area contributed by atoms with Crippen molar-refractivity contribution in [1.29, 1.82) is 0 Å². The molecule has 142 valence electrons. The van der Waals surface area contributed by atoms with Gasteiger partial charge >= 0.3 is 6.09 Å². The first-order valence-corrected chi connectivity index (χ1v) is 10.0. The molecule has 1 amide bonds. The topological polar surface area (TPSA) is 85.8 Å². The number of benzene rings is 1. The third-order valence-corrected chi connectivity index (χ3v) is 6.08. The van der Waals surface area contributed by atoms with Crippen molar-refractivity contribution < 1.29 is 19.0 Å². The Bertz CT molecular complexity index is 965. The number of methoxy groups -OCH3 is 2. The van der Waals surface area contributed by atoms with E-state index in [9.17, 15) is 4.79 Å². The molecule has 0 radical (unpaired) electrons. The van der Waals surface area contributed by atoms with Crippen LogP contribution in [0.3, 0.4) is 0 Å². The van der Waals surface area contributed by atoms with E-state index < -0.39 is 6.09 Å². The van der Waals surface area contributed by atoms with Crippen molar-refractivity contribution in [3.63, 3.8) is 0 Å². The van der Waals surface area contributed by atoms with Crippen molar-refractivity contribution in [1.82, 2.24) is 9.97 Å². The summed E-state index contributed by atoms with van der Waals surface area (Å²) in [5.74, 6) is 0.645. The van der Waals surface area contributed by atoms with E-state index in [-0.39, 0.29) is 0 Å². The summed E-state index contributed by atoms with van der Waals surface area (Å²) in [7, 11) is 2.91. The summed E-state index contributed by atoms with van der Waals surface area (Å²) in [6.07, 6.45) is -0.558. The summed E-state index contributed by atoms with van der Waals surface area (Å²) in [6.45, 7) is 3.13. The number of carbonyl (C=O) groups is 1. The van der Waals surface area contributed by atoms with Crippen LogP contribution in [-0.2, 0) is 9.47 Å². The molecule has 1 N–H and O–H groups in total. The number of hydrogen-bond donors (Lipinski definition) is 1. The number of rotatable bonds is 4. The quantitative estimate of drug-likeness (QED) is 0.710. The number of amides is 1. The molecule has 3 aromatic rings. The number of nitrogens with one attached hydrogen (secondary N) is 1. The molecule has 4 rings (SSSR count). The largest absolute Gasteiger partial charge is 0.494 e. The van der Waals surface area contributed by atoms with E-state index in [0.717, 1.165) is 47.4 Å². The van der Waals surface area contributed by atoms with E-state index in [1.807, 2.05) is 17.5 Å².